The first-order valence-electron chi connectivity index (χ1n) is 12.7. The Morgan fingerprint density at radius 1 is 0.575 bits per heavy atom. The molecule has 0 spiro atoms. The van der Waals surface area contributed by atoms with Gasteiger partial charge in [0.05, 0.1) is 0 Å². The van der Waals surface area contributed by atoms with Crippen molar-refractivity contribution in [1.29, 1.82) is 0 Å². The van der Waals surface area contributed by atoms with Crippen LogP contribution in [-0.2, 0) is 0 Å². The number of aliphatic hydroxyl groups is 1. The molecule has 0 fully saturated rings. The van der Waals surface area contributed by atoms with E-state index in [1.165, 1.54) is 12.1 Å². The van der Waals surface area contributed by atoms with E-state index in [0.717, 1.165) is 11.1 Å². The average molecular weight is 533 g/mol. The van der Waals surface area contributed by atoms with E-state index in [2.05, 4.69) is 0 Å². The Balaban J connectivity index is 1.17. The van der Waals surface area contributed by atoms with Gasteiger partial charge < -0.3 is 23.4 Å². The van der Waals surface area contributed by atoms with Gasteiger partial charge in [0.15, 0.2) is 10.9 Å². The van der Waals surface area contributed by atoms with Gasteiger partial charge in [-0.2, -0.15) is 0 Å². The lowest BCUT2D eigenvalue weighted by Gasteiger charge is -2.15. The van der Waals surface area contributed by atoms with E-state index in [4.69, 9.17) is 18.3 Å². The zero-order valence-corrected chi connectivity index (χ0v) is 21.3. The first-order chi connectivity index (χ1) is 19.6. The molecule has 198 valence electrons. The van der Waals surface area contributed by atoms with Crippen LogP contribution in [0.15, 0.2) is 128 Å². The second-order valence-electron chi connectivity index (χ2n) is 9.22. The van der Waals surface area contributed by atoms with E-state index < -0.39 is 6.10 Å². The van der Waals surface area contributed by atoms with E-state index in [1.54, 1.807) is 36.4 Å². The van der Waals surface area contributed by atoms with Gasteiger partial charge in [-0.05, 0) is 24.3 Å². The third kappa shape index (κ3) is 5.10. The van der Waals surface area contributed by atoms with Crippen LogP contribution in [0.3, 0.4) is 0 Å². The third-order valence-corrected chi connectivity index (χ3v) is 6.41. The lowest BCUT2D eigenvalue weighted by atomic mass is 10.1. The first-order valence-corrected chi connectivity index (χ1v) is 12.7. The number of aliphatic hydroxyl groups excluding tert-OH is 1. The van der Waals surface area contributed by atoms with Crippen LogP contribution in [0.2, 0.25) is 0 Å². The number of ether oxygens (including phenoxy) is 2. The Hall–Kier alpha value is -5.14. The van der Waals surface area contributed by atoms with Crippen molar-refractivity contribution in [3.8, 4) is 34.1 Å². The van der Waals surface area contributed by atoms with Gasteiger partial charge in [-0.1, -0.05) is 72.8 Å². The van der Waals surface area contributed by atoms with Gasteiger partial charge in [0.25, 0.3) is 0 Å². The van der Waals surface area contributed by atoms with Crippen LogP contribution < -0.4 is 20.3 Å². The highest BCUT2D eigenvalue weighted by Crippen LogP contribution is 2.29. The second-order valence-corrected chi connectivity index (χ2v) is 9.22. The maximum absolute atomic E-state index is 13.0. The minimum atomic E-state index is -1.04. The van der Waals surface area contributed by atoms with Crippen LogP contribution in [0.25, 0.3) is 44.6 Å². The number of fused-ring (bicyclic) bond motifs is 2. The Labute approximate surface area is 228 Å². The normalized spacial score (nSPS) is 11.2. The summed E-state index contributed by atoms with van der Waals surface area (Å²) in [5, 5.41) is 11.2. The number of benzene rings is 4. The fraction of sp³-hybridized carbons (Fsp3) is 0.0909. The number of rotatable bonds is 8. The highest BCUT2D eigenvalue weighted by atomic mass is 16.5. The summed E-state index contributed by atoms with van der Waals surface area (Å²) in [5.74, 6) is 1.51. The smallest absolute Gasteiger partial charge is 0.197 e. The molecule has 0 bridgehead atoms. The molecule has 6 rings (SSSR count). The molecule has 0 aliphatic rings. The lowest BCUT2D eigenvalue weighted by molar-refractivity contribution is 0.0636. The largest absolute Gasteiger partial charge is 0.490 e. The third-order valence-electron chi connectivity index (χ3n) is 6.41. The van der Waals surface area contributed by atoms with Gasteiger partial charge in [-0.15, -0.1) is 0 Å². The summed E-state index contributed by atoms with van der Waals surface area (Å²) in [4.78, 5) is 25.9. The van der Waals surface area contributed by atoms with Crippen LogP contribution in [0.5, 0.6) is 11.5 Å². The Morgan fingerprint density at radius 3 is 1.43 bits per heavy atom. The molecule has 1 N–H and O–H groups in total. The summed E-state index contributed by atoms with van der Waals surface area (Å²) in [6.07, 6.45) is -1.04. The van der Waals surface area contributed by atoms with E-state index in [0.29, 0.717) is 34.2 Å². The topological polar surface area (TPSA) is 99.1 Å². The summed E-state index contributed by atoms with van der Waals surface area (Å²) >= 11 is 0. The number of hydrogen-bond acceptors (Lipinski definition) is 7. The van der Waals surface area contributed by atoms with Crippen molar-refractivity contribution in [3.63, 3.8) is 0 Å². The monoisotopic (exact) mass is 532 g/mol. The SMILES string of the molecule is O=c1cc(-c2ccccc2)oc2cccc(OCC(O)COc3cccc4oc(-c5ccccc5)cc(=O)c34)c12. The molecule has 7 nitrogen and oxygen atoms in total. The maximum atomic E-state index is 13.0. The molecule has 0 aliphatic heterocycles. The molecule has 0 aliphatic carbocycles. The zero-order chi connectivity index (χ0) is 27.5. The Kier molecular flexibility index (Phi) is 6.87. The Morgan fingerprint density at radius 2 is 1.00 bits per heavy atom. The molecule has 0 unspecified atom stereocenters. The van der Waals surface area contributed by atoms with Crippen molar-refractivity contribution in [2.75, 3.05) is 13.2 Å². The van der Waals surface area contributed by atoms with Crippen molar-refractivity contribution in [1.82, 2.24) is 0 Å². The summed E-state index contributed by atoms with van der Waals surface area (Å²) in [6, 6.07) is 31.7. The van der Waals surface area contributed by atoms with Crippen molar-refractivity contribution in [3.05, 3.63) is 130 Å². The molecule has 7 heteroatoms. The molecule has 2 aromatic heterocycles. The summed E-state index contributed by atoms with van der Waals surface area (Å²) in [6.45, 7) is -0.285. The molecule has 6 aromatic rings. The fourth-order valence-electron chi connectivity index (χ4n) is 4.51. The second kappa shape index (κ2) is 10.9. The van der Waals surface area contributed by atoms with E-state index in [9.17, 15) is 14.7 Å². The first kappa shape index (κ1) is 25.2. The molecule has 0 atom stereocenters. The molecular formula is C33H24O7. The van der Waals surface area contributed by atoms with Gasteiger partial charge >= 0.3 is 0 Å². The summed E-state index contributed by atoms with van der Waals surface area (Å²) in [5.41, 5.74) is 1.84. The van der Waals surface area contributed by atoms with Gasteiger partial charge in [0, 0.05) is 23.3 Å². The highest BCUT2D eigenvalue weighted by Gasteiger charge is 2.16. The van der Waals surface area contributed by atoms with Crippen molar-refractivity contribution in [2.45, 2.75) is 6.10 Å². The van der Waals surface area contributed by atoms with Crippen LogP contribution in [0.4, 0.5) is 0 Å². The molecule has 4 aromatic carbocycles. The molecule has 0 amide bonds. The molecule has 0 saturated carbocycles. The van der Waals surface area contributed by atoms with E-state index >= 15 is 0 Å². The van der Waals surface area contributed by atoms with Crippen LogP contribution in [0.1, 0.15) is 0 Å². The van der Waals surface area contributed by atoms with Gasteiger partial charge in [0.1, 0.15) is 64.3 Å². The van der Waals surface area contributed by atoms with Crippen LogP contribution in [-0.4, -0.2) is 24.4 Å². The highest BCUT2D eigenvalue weighted by molar-refractivity contribution is 5.85. The van der Waals surface area contributed by atoms with Gasteiger partial charge in [-0.25, -0.2) is 0 Å². The molecule has 2 heterocycles. The van der Waals surface area contributed by atoms with Crippen LogP contribution in [0, 0.1) is 0 Å². The minimum absolute atomic E-state index is 0.142. The van der Waals surface area contributed by atoms with E-state index in [1.807, 2.05) is 60.7 Å². The molecular weight excluding hydrogens is 508 g/mol. The minimum Gasteiger partial charge on any atom is -0.490 e. The lowest BCUT2D eigenvalue weighted by Crippen LogP contribution is -2.25. The average Bonchev–Trinajstić information content (AvgIpc) is 2.99. The maximum Gasteiger partial charge on any atom is 0.197 e. The van der Waals surface area contributed by atoms with Gasteiger partial charge in [0.2, 0.25) is 0 Å². The van der Waals surface area contributed by atoms with Crippen molar-refractivity contribution >= 4 is 21.9 Å². The summed E-state index contributed by atoms with van der Waals surface area (Å²) < 4.78 is 23.5. The quantitative estimate of drug-likeness (QED) is 0.255. The molecule has 0 saturated heterocycles. The van der Waals surface area contributed by atoms with Crippen LogP contribution >= 0.6 is 0 Å². The van der Waals surface area contributed by atoms with Crippen molar-refractivity contribution in [2.24, 2.45) is 0 Å². The van der Waals surface area contributed by atoms with E-state index in [-0.39, 0.29) is 34.8 Å². The molecule has 0 radical (unpaired) electrons. The van der Waals surface area contributed by atoms with Crippen molar-refractivity contribution < 1.29 is 23.4 Å². The zero-order valence-electron chi connectivity index (χ0n) is 21.3. The fourth-order valence-corrected chi connectivity index (χ4v) is 4.51. The molecule has 40 heavy (non-hydrogen) atoms. The predicted molar refractivity (Wildman–Crippen MR) is 153 cm³/mol. The van der Waals surface area contributed by atoms with Gasteiger partial charge in [-0.3, -0.25) is 9.59 Å². The number of hydrogen-bond donors (Lipinski definition) is 1. The Bertz CT molecular complexity index is 1770. The summed E-state index contributed by atoms with van der Waals surface area (Å²) in [7, 11) is 0. The predicted octanol–water partition coefficient (Wildman–Crippen LogP) is 6.05. The standard InChI is InChI=1S/C33H24O7/c34-23(19-37-26-13-7-15-28-32(26)24(35)17-30(39-28)21-9-3-1-4-10-21)20-38-27-14-8-16-29-33(27)25(36)18-31(40-29)22-11-5-2-6-12-22/h1-18,23,34H,19-20H2.